The molecule has 0 aromatic heterocycles. The third-order valence-corrected chi connectivity index (χ3v) is 7.59. The molecule has 184 valence electrons. The lowest BCUT2D eigenvalue weighted by atomic mass is 9.94. The van der Waals surface area contributed by atoms with Crippen molar-refractivity contribution in [2.75, 3.05) is 6.61 Å². The fourth-order valence-electron chi connectivity index (χ4n) is 5.94. The number of benzene rings is 3. The topological polar surface area (TPSA) is 29.5 Å². The van der Waals surface area contributed by atoms with Gasteiger partial charge in [-0.15, -0.1) is 0 Å². The number of amides is 1. The Morgan fingerprint density at radius 3 is 2.22 bits per heavy atom. The number of ether oxygens (including phenoxy) is 1. The van der Waals surface area contributed by atoms with Crippen molar-refractivity contribution in [3.63, 3.8) is 0 Å². The molecule has 1 fully saturated rings. The van der Waals surface area contributed by atoms with Gasteiger partial charge in [0.05, 0.1) is 11.6 Å². The molecule has 2 bridgehead atoms. The molecule has 3 nitrogen and oxygen atoms in total. The monoisotopic (exact) mass is 493 g/mol. The SMILES string of the molecule is O=C(OCC1c2ccccc2-c2ccccc21)N1C2C=C(c3ccc(C(F)(F)F)c(F)c3)CC1CC2. The van der Waals surface area contributed by atoms with E-state index in [9.17, 15) is 22.4 Å². The van der Waals surface area contributed by atoms with Gasteiger partial charge < -0.3 is 4.74 Å². The van der Waals surface area contributed by atoms with Crippen LogP contribution in [0.5, 0.6) is 0 Å². The molecular weight excluding hydrogens is 470 g/mol. The normalized spacial score (nSPS) is 20.7. The lowest BCUT2D eigenvalue weighted by Crippen LogP contribution is -2.43. The number of carbonyl (C=O) groups excluding carboxylic acids is 1. The largest absolute Gasteiger partial charge is 0.448 e. The Hall–Kier alpha value is -3.61. The first-order chi connectivity index (χ1) is 17.3. The molecule has 2 unspecified atom stereocenters. The Morgan fingerprint density at radius 1 is 0.944 bits per heavy atom. The van der Waals surface area contributed by atoms with Crippen LogP contribution in [0.3, 0.4) is 0 Å². The first-order valence-corrected chi connectivity index (χ1v) is 12.0. The lowest BCUT2D eigenvalue weighted by molar-refractivity contribution is -0.140. The minimum absolute atomic E-state index is 0.0370. The van der Waals surface area contributed by atoms with Crippen LogP contribution in [0.1, 0.15) is 47.4 Å². The van der Waals surface area contributed by atoms with E-state index < -0.39 is 23.7 Å². The third-order valence-electron chi connectivity index (χ3n) is 7.59. The van der Waals surface area contributed by atoms with Crippen molar-refractivity contribution in [2.24, 2.45) is 0 Å². The number of hydrogen-bond acceptors (Lipinski definition) is 2. The van der Waals surface area contributed by atoms with E-state index in [1.807, 2.05) is 30.3 Å². The van der Waals surface area contributed by atoms with Crippen LogP contribution in [-0.4, -0.2) is 29.7 Å². The van der Waals surface area contributed by atoms with E-state index in [-0.39, 0.29) is 24.6 Å². The Labute approximate surface area is 206 Å². The molecule has 0 radical (unpaired) electrons. The van der Waals surface area contributed by atoms with E-state index in [2.05, 4.69) is 24.3 Å². The average molecular weight is 494 g/mol. The van der Waals surface area contributed by atoms with Gasteiger partial charge in [-0.2, -0.15) is 13.2 Å². The van der Waals surface area contributed by atoms with E-state index in [1.54, 1.807) is 4.90 Å². The summed E-state index contributed by atoms with van der Waals surface area (Å²) in [5.41, 5.74) is 4.50. The molecule has 0 spiro atoms. The summed E-state index contributed by atoms with van der Waals surface area (Å²) in [5.74, 6) is -1.32. The molecule has 3 aliphatic rings. The van der Waals surface area contributed by atoms with Gasteiger partial charge in [0.1, 0.15) is 12.4 Å². The van der Waals surface area contributed by atoms with Gasteiger partial charge in [0.15, 0.2) is 0 Å². The second-order valence-corrected chi connectivity index (χ2v) is 9.60. The number of nitrogens with zero attached hydrogens (tertiary/aromatic N) is 1. The number of halogens is 4. The predicted molar refractivity (Wildman–Crippen MR) is 128 cm³/mol. The van der Waals surface area contributed by atoms with Gasteiger partial charge in [-0.05, 0) is 64.8 Å². The van der Waals surface area contributed by atoms with Gasteiger partial charge in [0.25, 0.3) is 0 Å². The molecule has 1 saturated heterocycles. The molecular formula is C29H23F4NO2. The van der Waals surface area contributed by atoms with Gasteiger partial charge in [-0.1, -0.05) is 60.7 Å². The molecule has 3 aromatic carbocycles. The number of fused-ring (bicyclic) bond motifs is 5. The zero-order valence-electron chi connectivity index (χ0n) is 19.3. The van der Waals surface area contributed by atoms with Crippen molar-refractivity contribution in [3.05, 3.63) is 101 Å². The van der Waals surface area contributed by atoms with Crippen molar-refractivity contribution in [1.82, 2.24) is 4.90 Å². The van der Waals surface area contributed by atoms with E-state index >= 15 is 0 Å². The summed E-state index contributed by atoms with van der Waals surface area (Å²) in [5, 5.41) is 0. The molecule has 1 amide bonds. The van der Waals surface area contributed by atoms with Crippen LogP contribution in [0.2, 0.25) is 0 Å². The number of rotatable bonds is 3. The van der Waals surface area contributed by atoms with Crippen LogP contribution in [0.15, 0.2) is 72.8 Å². The van der Waals surface area contributed by atoms with Crippen LogP contribution < -0.4 is 0 Å². The Bertz CT molecular complexity index is 1330. The summed E-state index contributed by atoms with van der Waals surface area (Å²) in [7, 11) is 0. The van der Waals surface area contributed by atoms with Crippen LogP contribution in [-0.2, 0) is 10.9 Å². The maximum absolute atomic E-state index is 14.1. The molecule has 0 saturated carbocycles. The summed E-state index contributed by atoms with van der Waals surface area (Å²) in [4.78, 5) is 14.9. The van der Waals surface area contributed by atoms with Crippen LogP contribution >= 0.6 is 0 Å². The predicted octanol–water partition coefficient (Wildman–Crippen LogP) is 7.41. The fraction of sp³-hybridized carbons (Fsp3) is 0.276. The third kappa shape index (κ3) is 3.77. The van der Waals surface area contributed by atoms with Crippen LogP contribution in [0.4, 0.5) is 22.4 Å². The van der Waals surface area contributed by atoms with Gasteiger partial charge in [0.2, 0.25) is 0 Å². The lowest BCUT2D eigenvalue weighted by Gasteiger charge is -2.33. The standard InChI is InChI=1S/C29H23F4NO2/c30-27-15-17(9-12-26(27)29(31,32)33)18-13-19-10-11-20(14-18)34(19)28(35)36-16-25-23-7-3-1-5-21(23)22-6-2-4-8-24(22)25/h1-9,12-13,15,19-20,25H,10-11,14,16H2. The smallest absolute Gasteiger partial charge is 0.419 e. The quantitative estimate of drug-likeness (QED) is 0.356. The summed E-state index contributed by atoms with van der Waals surface area (Å²) >= 11 is 0. The number of carbonyl (C=O) groups is 1. The van der Waals surface area contributed by atoms with E-state index in [0.29, 0.717) is 12.0 Å². The molecule has 2 atom stereocenters. The van der Waals surface area contributed by atoms with Gasteiger partial charge in [-0.25, -0.2) is 9.18 Å². The zero-order valence-corrected chi connectivity index (χ0v) is 19.3. The minimum Gasteiger partial charge on any atom is -0.448 e. The Kier molecular flexibility index (Phi) is 5.39. The molecule has 2 heterocycles. The molecule has 1 aliphatic carbocycles. The summed E-state index contributed by atoms with van der Waals surface area (Å²) < 4.78 is 58.8. The van der Waals surface area contributed by atoms with E-state index in [4.69, 9.17) is 4.74 Å². The van der Waals surface area contributed by atoms with Crippen molar-refractivity contribution >= 4 is 11.7 Å². The van der Waals surface area contributed by atoms with Crippen molar-refractivity contribution in [3.8, 4) is 11.1 Å². The van der Waals surface area contributed by atoms with Crippen molar-refractivity contribution in [1.29, 1.82) is 0 Å². The van der Waals surface area contributed by atoms with Crippen LogP contribution in [0, 0.1) is 5.82 Å². The highest BCUT2D eigenvalue weighted by Gasteiger charge is 2.42. The maximum atomic E-state index is 14.1. The number of alkyl halides is 3. The van der Waals surface area contributed by atoms with E-state index in [1.165, 1.54) is 6.07 Å². The summed E-state index contributed by atoms with van der Waals surface area (Å²) in [6.45, 7) is 0.226. The zero-order chi connectivity index (χ0) is 25.0. The van der Waals surface area contributed by atoms with Crippen molar-refractivity contribution in [2.45, 2.75) is 43.4 Å². The fourth-order valence-corrected chi connectivity index (χ4v) is 5.94. The highest BCUT2D eigenvalue weighted by Crippen LogP contribution is 2.45. The Morgan fingerprint density at radius 2 is 1.61 bits per heavy atom. The summed E-state index contributed by atoms with van der Waals surface area (Å²) in [6.07, 6.45) is -1.31. The number of hydrogen-bond donors (Lipinski definition) is 0. The Balaban J connectivity index is 1.19. The van der Waals surface area contributed by atoms with Crippen molar-refractivity contribution < 1.29 is 27.1 Å². The van der Waals surface area contributed by atoms with Crippen LogP contribution in [0.25, 0.3) is 16.7 Å². The molecule has 6 rings (SSSR count). The second kappa shape index (κ2) is 8.50. The maximum Gasteiger partial charge on any atom is 0.419 e. The van der Waals surface area contributed by atoms with Gasteiger partial charge in [-0.3, -0.25) is 4.90 Å². The highest BCUT2D eigenvalue weighted by molar-refractivity contribution is 5.79. The molecule has 0 N–H and O–H groups in total. The highest BCUT2D eigenvalue weighted by atomic mass is 19.4. The molecule has 36 heavy (non-hydrogen) atoms. The first-order valence-electron chi connectivity index (χ1n) is 12.0. The minimum atomic E-state index is -4.73. The molecule has 7 heteroatoms. The van der Waals surface area contributed by atoms with E-state index in [0.717, 1.165) is 52.8 Å². The average Bonchev–Trinajstić information content (AvgIpc) is 3.32. The summed E-state index contributed by atoms with van der Waals surface area (Å²) in [6, 6.07) is 19.0. The molecule has 3 aromatic rings. The molecule has 2 aliphatic heterocycles. The van der Waals surface area contributed by atoms with Gasteiger partial charge >= 0.3 is 12.3 Å². The van der Waals surface area contributed by atoms with Gasteiger partial charge in [0, 0.05) is 12.0 Å². The first kappa shape index (κ1) is 22.8. The second-order valence-electron chi connectivity index (χ2n) is 9.60.